The monoisotopic (exact) mass is 302 g/mol. The molecule has 1 heterocycles. The van der Waals surface area contributed by atoms with Gasteiger partial charge in [0.25, 0.3) is 5.91 Å². The van der Waals surface area contributed by atoms with E-state index in [-0.39, 0.29) is 5.91 Å². The van der Waals surface area contributed by atoms with Gasteiger partial charge in [-0.3, -0.25) is 4.79 Å². The summed E-state index contributed by atoms with van der Waals surface area (Å²) in [5.74, 6) is 0.0646. The van der Waals surface area contributed by atoms with Gasteiger partial charge >= 0.3 is 0 Å². The van der Waals surface area contributed by atoms with E-state index < -0.39 is 5.60 Å². The van der Waals surface area contributed by atoms with Crippen LogP contribution in [0.1, 0.15) is 31.2 Å². The molecular weight excluding hydrogens is 276 g/mol. The fourth-order valence-corrected chi connectivity index (χ4v) is 3.59. The molecule has 4 heteroatoms. The first-order valence-electron chi connectivity index (χ1n) is 8.35. The number of ether oxygens (including phenoxy) is 1. The lowest BCUT2D eigenvalue weighted by Crippen LogP contribution is -2.61. The average molecular weight is 302 g/mol. The maximum Gasteiger partial charge on any atom is 0.254 e. The fraction of sp³-hybridized carbons (Fsp3) is 0.611. The smallest absolute Gasteiger partial charge is 0.254 e. The number of rotatable bonds is 4. The summed E-state index contributed by atoms with van der Waals surface area (Å²) in [6.07, 6.45) is 5.28. The van der Waals surface area contributed by atoms with Crippen LogP contribution >= 0.6 is 0 Å². The first-order valence-corrected chi connectivity index (χ1v) is 8.35. The number of carbonyl (C=O) groups excluding carboxylic acids is 1. The molecule has 22 heavy (non-hydrogen) atoms. The molecule has 1 saturated carbocycles. The minimum Gasteiger partial charge on any atom is -0.362 e. The molecule has 1 amide bonds. The Morgan fingerprint density at radius 1 is 1.32 bits per heavy atom. The Kier molecular flexibility index (Phi) is 4.79. The second-order valence-corrected chi connectivity index (χ2v) is 6.70. The van der Waals surface area contributed by atoms with Gasteiger partial charge in [0.1, 0.15) is 0 Å². The highest BCUT2D eigenvalue weighted by molar-refractivity contribution is 5.86. The molecule has 1 aromatic carbocycles. The molecule has 0 radical (unpaired) electrons. The zero-order chi connectivity index (χ0) is 15.4. The third-order valence-electron chi connectivity index (χ3n) is 4.81. The van der Waals surface area contributed by atoms with Crippen molar-refractivity contribution in [3.63, 3.8) is 0 Å². The van der Waals surface area contributed by atoms with Crippen LogP contribution in [0.2, 0.25) is 0 Å². The van der Waals surface area contributed by atoms with Gasteiger partial charge in [-0.05, 0) is 25.5 Å². The number of nitrogens with one attached hydrogen (secondary N) is 1. The van der Waals surface area contributed by atoms with Gasteiger partial charge in [0, 0.05) is 25.6 Å². The van der Waals surface area contributed by atoms with Gasteiger partial charge in [-0.25, -0.2) is 0 Å². The van der Waals surface area contributed by atoms with Gasteiger partial charge in [-0.2, -0.15) is 0 Å². The number of hydrogen-bond donors (Lipinski definition) is 1. The van der Waals surface area contributed by atoms with E-state index >= 15 is 0 Å². The molecule has 1 unspecified atom stereocenters. The van der Waals surface area contributed by atoms with E-state index in [1.807, 2.05) is 18.2 Å². The molecule has 1 atom stereocenters. The molecule has 1 aliphatic heterocycles. The number of morpholine rings is 1. The maximum atomic E-state index is 13.0. The summed E-state index contributed by atoms with van der Waals surface area (Å²) < 4.78 is 6.06. The highest BCUT2D eigenvalue weighted by atomic mass is 16.5. The van der Waals surface area contributed by atoms with E-state index in [1.54, 1.807) is 0 Å². The fourth-order valence-electron chi connectivity index (χ4n) is 3.59. The molecule has 2 aliphatic rings. The molecule has 4 nitrogen and oxygen atoms in total. The molecular formula is C18H26N2O2. The highest BCUT2D eigenvalue weighted by Gasteiger charge is 2.43. The number of likely N-dealkylation sites (N-methyl/N-ethyl adjacent to an activating group) is 1. The van der Waals surface area contributed by atoms with Crippen molar-refractivity contribution in [1.82, 2.24) is 10.2 Å². The van der Waals surface area contributed by atoms with Crippen LogP contribution in [0.5, 0.6) is 0 Å². The topological polar surface area (TPSA) is 41.6 Å². The molecule has 1 N–H and O–H groups in total. The van der Waals surface area contributed by atoms with Crippen molar-refractivity contribution >= 4 is 5.91 Å². The van der Waals surface area contributed by atoms with E-state index in [0.29, 0.717) is 25.6 Å². The minimum atomic E-state index is -0.753. The first-order chi connectivity index (χ1) is 10.7. The van der Waals surface area contributed by atoms with Gasteiger partial charge in [0.15, 0.2) is 5.60 Å². The predicted octanol–water partition coefficient (Wildman–Crippen LogP) is 1.99. The van der Waals surface area contributed by atoms with Crippen molar-refractivity contribution in [3.05, 3.63) is 35.9 Å². The molecule has 0 aromatic heterocycles. The van der Waals surface area contributed by atoms with Gasteiger partial charge in [-0.15, -0.1) is 0 Å². The van der Waals surface area contributed by atoms with Crippen molar-refractivity contribution in [3.8, 4) is 0 Å². The van der Waals surface area contributed by atoms with E-state index in [4.69, 9.17) is 4.74 Å². The van der Waals surface area contributed by atoms with Crippen LogP contribution in [0, 0.1) is 0 Å². The molecule has 120 valence electrons. The second-order valence-electron chi connectivity index (χ2n) is 6.70. The lowest BCUT2D eigenvalue weighted by Gasteiger charge is -2.41. The quantitative estimate of drug-likeness (QED) is 0.925. The number of amides is 1. The van der Waals surface area contributed by atoms with Crippen LogP contribution in [-0.4, -0.2) is 49.2 Å². The van der Waals surface area contributed by atoms with Crippen LogP contribution in [0.25, 0.3) is 0 Å². The van der Waals surface area contributed by atoms with Crippen molar-refractivity contribution in [2.24, 2.45) is 0 Å². The number of nitrogens with zero attached hydrogens (tertiary/aromatic N) is 1. The largest absolute Gasteiger partial charge is 0.362 e. The molecule has 1 saturated heterocycles. The third kappa shape index (κ3) is 3.50. The lowest BCUT2D eigenvalue weighted by molar-refractivity contribution is -0.159. The zero-order valence-corrected chi connectivity index (χ0v) is 13.4. The Labute approximate surface area is 132 Å². The van der Waals surface area contributed by atoms with Crippen LogP contribution in [0.15, 0.2) is 30.3 Å². The summed E-state index contributed by atoms with van der Waals surface area (Å²) in [5.41, 5.74) is 0.399. The standard InChI is InChI=1S/C18H26N2O2/c1-20-11-12-22-18(14-20,13-15-7-3-2-4-8-15)17(21)19-16-9-5-6-10-16/h2-4,7-8,16H,5-6,9-14H2,1H3,(H,19,21). The molecule has 3 rings (SSSR count). The Hall–Kier alpha value is -1.39. The molecule has 2 fully saturated rings. The van der Waals surface area contributed by atoms with Crippen LogP contribution in [-0.2, 0) is 16.0 Å². The SMILES string of the molecule is CN1CCOC(Cc2ccccc2)(C(=O)NC2CCCC2)C1. The number of carbonyl (C=O) groups is 1. The van der Waals surface area contributed by atoms with Crippen molar-refractivity contribution in [1.29, 1.82) is 0 Å². The Morgan fingerprint density at radius 2 is 2.05 bits per heavy atom. The van der Waals surface area contributed by atoms with Crippen molar-refractivity contribution in [2.75, 3.05) is 26.7 Å². The lowest BCUT2D eigenvalue weighted by atomic mass is 9.91. The van der Waals surface area contributed by atoms with Crippen LogP contribution in [0.3, 0.4) is 0 Å². The van der Waals surface area contributed by atoms with E-state index in [0.717, 1.165) is 24.9 Å². The zero-order valence-electron chi connectivity index (χ0n) is 13.4. The predicted molar refractivity (Wildman–Crippen MR) is 86.7 cm³/mol. The van der Waals surface area contributed by atoms with Gasteiger partial charge < -0.3 is 15.0 Å². The van der Waals surface area contributed by atoms with Gasteiger partial charge in [0.2, 0.25) is 0 Å². The summed E-state index contributed by atoms with van der Waals surface area (Å²) in [5, 5.41) is 3.24. The van der Waals surface area contributed by atoms with Crippen LogP contribution < -0.4 is 5.32 Å². The Bertz CT molecular complexity index is 499. The first kappa shape index (κ1) is 15.5. The van der Waals surface area contributed by atoms with E-state index in [2.05, 4.69) is 29.4 Å². The highest BCUT2D eigenvalue weighted by Crippen LogP contribution is 2.25. The average Bonchev–Trinajstić information content (AvgIpc) is 3.01. The molecule has 1 aromatic rings. The van der Waals surface area contributed by atoms with Crippen molar-refractivity contribution in [2.45, 2.75) is 43.7 Å². The second kappa shape index (κ2) is 6.80. The molecule has 0 bridgehead atoms. The molecule has 0 spiro atoms. The van der Waals surface area contributed by atoms with Crippen LogP contribution in [0.4, 0.5) is 0 Å². The normalized spacial score (nSPS) is 27.0. The number of benzene rings is 1. The Balaban J connectivity index is 1.77. The maximum absolute atomic E-state index is 13.0. The summed E-state index contributed by atoms with van der Waals surface area (Å²) in [6, 6.07) is 10.5. The van der Waals surface area contributed by atoms with E-state index in [1.165, 1.54) is 12.8 Å². The Morgan fingerprint density at radius 3 is 2.73 bits per heavy atom. The van der Waals surface area contributed by atoms with Gasteiger partial charge in [0.05, 0.1) is 6.61 Å². The summed E-state index contributed by atoms with van der Waals surface area (Å²) in [7, 11) is 2.06. The number of hydrogen-bond acceptors (Lipinski definition) is 3. The third-order valence-corrected chi connectivity index (χ3v) is 4.81. The van der Waals surface area contributed by atoms with Crippen molar-refractivity contribution < 1.29 is 9.53 Å². The van der Waals surface area contributed by atoms with Gasteiger partial charge in [-0.1, -0.05) is 43.2 Å². The van der Waals surface area contributed by atoms with E-state index in [9.17, 15) is 4.79 Å². The molecule has 1 aliphatic carbocycles. The minimum absolute atomic E-state index is 0.0646. The summed E-state index contributed by atoms with van der Waals surface area (Å²) in [6.45, 7) is 2.15. The summed E-state index contributed by atoms with van der Waals surface area (Å²) in [4.78, 5) is 15.2. The summed E-state index contributed by atoms with van der Waals surface area (Å²) >= 11 is 0.